The maximum absolute atomic E-state index is 11.8. The lowest BCUT2D eigenvalue weighted by molar-refractivity contribution is -0.121. The zero-order valence-electron chi connectivity index (χ0n) is 9.51. The van der Waals surface area contributed by atoms with E-state index in [0.717, 1.165) is 0 Å². The van der Waals surface area contributed by atoms with Crippen LogP contribution in [0, 0.1) is 17.2 Å². The molecule has 1 unspecified atom stereocenters. The van der Waals surface area contributed by atoms with Gasteiger partial charge in [0, 0.05) is 19.0 Å². The lowest BCUT2D eigenvalue weighted by Crippen LogP contribution is -2.43. The number of sulfonamides is 1. The molecule has 1 fully saturated rings. The molecule has 6 heteroatoms. The van der Waals surface area contributed by atoms with Crippen LogP contribution >= 0.6 is 0 Å². The average molecular weight is 244 g/mol. The van der Waals surface area contributed by atoms with Crippen LogP contribution < -0.4 is 0 Å². The number of carbonyl (C=O) groups excluding carboxylic acids is 1. The number of ketones is 1. The number of hydrogen-bond acceptors (Lipinski definition) is 4. The van der Waals surface area contributed by atoms with Crippen molar-refractivity contribution >= 4 is 15.8 Å². The van der Waals surface area contributed by atoms with E-state index in [1.165, 1.54) is 18.2 Å². The van der Waals surface area contributed by atoms with Crippen molar-refractivity contribution in [2.24, 2.45) is 5.92 Å². The summed E-state index contributed by atoms with van der Waals surface area (Å²) in [7, 11) is -3.50. The van der Waals surface area contributed by atoms with Crippen molar-refractivity contribution in [3.63, 3.8) is 0 Å². The molecule has 0 aromatic carbocycles. The highest BCUT2D eigenvalue weighted by Crippen LogP contribution is 2.21. The predicted molar refractivity (Wildman–Crippen MR) is 59.0 cm³/mol. The summed E-state index contributed by atoms with van der Waals surface area (Å²) in [5.41, 5.74) is 0. The van der Waals surface area contributed by atoms with Gasteiger partial charge in [-0.2, -0.15) is 5.26 Å². The molecule has 0 spiro atoms. The van der Waals surface area contributed by atoms with Crippen LogP contribution in [0.3, 0.4) is 0 Å². The van der Waals surface area contributed by atoms with E-state index < -0.39 is 15.3 Å². The van der Waals surface area contributed by atoms with Crippen molar-refractivity contribution in [1.29, 1.82) is 5.26 Å². The van der Waals surface area contributed by atoms with E-state index in [-0.39, 0.29) is 11.7 Å². The summed E-state index contributed by atoms with van der Waals surface area (Å²) >= 11 is 0. The van der Waals surface area contributed by atoms with Crippen molar-refractivity contribution in [3.8, 4) is 6.07 Å². The number of hydrogen-bond donors (Lipinski definition) is 0. The molecule has 1 atom stereocenters. The summed E-state index contributed by atoms with van der Waals surface area (Å²) < 4.78 is 24.9. The molecule has 0 radical (unpaired) electrons. The summed E-state index contributed by atoms with van der Waals surface area (Å²) in [4.78, 5) is 11.1. The van der Waals surface area contributed by atoms with Crippen molar-refractivity contribution in [2.45, 2.75) is 31.9 Å². The van der Waals surface area contributed by atoms with Crippen LogP contribution in [0.5, 0.6) is 0 Å². The molecule has 1 aliphatic rings. The van der Waals surface area contributed by atoms with Gasteiger partial charge in [-0.1, -0.05) is 0 Å². The van der Waals surface area contributed by atoms with Crippen LogP contribution in [0.25, 0.3) is 0 Å². The van der Waals surface area contributed by atoms with Gasteiger partial charge in [-0.05, 0) is 26.7 Å². The molecule has 5 nitrogen and oxygen atoms in total. The molecule has 0 aromatic rings. The molecule has 1 saturated heterocycles. The van der Waals surface area contributed by atoms with Gasteiger partial charge in [0.25, 0.3) is 0 Å². The molecule has 16 heavy (non-hydrogen) atoms. The molecule has 0 aliphatic carbocycles. The minimum absolute atomic E-state index is 0.0242. The van der Waals surface area contributed by atoms with E-state index in [1.54, 1.807) is 6.07 Å². The van der Waals surface area contributed by atoms with Gasteiger partial charge in [-0.3, -0.25) is 4.79 Å². The van der Waals surface area contributed by atoms with Crippen molar-refractivity contribution in [2.75, 3.05) is 13.1 Å². The minimum atomic E-state index is -3.50. The zero-order chi connectivity index (χ0) is 12.3. The van der Waals surface area contributed by atoms with Gasteiger partial charge in [-0.15, -0.1) is 0 Å². The predicted octanol–water partition coefficient (Wildman–Crippen LogP) is 0.529. The van der Waals surface area contributed by atoms with E-state index in [4.69, 9.17) is 5.26 Å². The van der Waals surface area contributed by atoms with Gasteiger partial charge in [0.1, 0.15) is 5.78 Å². The van der Waals surface area contributed by atoms with Crippen molar-refractivity contribution in [3.05, 3.63) is 0 Å². The van der Waals surface area contributed by atoms with E-state index in [0.29, 0.717) is 25.9 Å². The van der Waals surface area contributed by atoms with Crippen LogP contribution in [-0.4, -0.2) is 36.8 Å². The van der Waals surface area contributed by atoms with Crippen molar-refractivity contribution in [1.82, 2.24) is 4.31 Å². The van der Waals surface area contributed by atoms with Gasteiger partial charge in [0.15, 0.2) is 5.25 Å². The molecule has 1 rings (SSSR count). The fourth-order valence-electron chi connectivity index (χ4n) is 1.81. The monoisotopic (exact) mass is 244 g/mol. The first-order valence-corrected chi connectivity index (χ1v) is 6.79. The zero-order valence-corrected chi connectivity index (χ0v) is 10.3. The second-order valence-corrected chi connectivity index (χ2v) is 6.35. The second-order valence-electron chi connectivity index (χ2n) is 4.10. The summed E-state index contributed by atoms with van der Waals surface area (Å²) in [6.45, 7) is 3.61. The van der Waals surface area contributed by atoms with Crippen molar-refractivity contribution < 1.29 is 13.2 Å². The number of rotatable bonds is 3. The Balaban J connectivity index is 2.68. The molecular weight excluding hydrogens is 228 g/mol. The SMILES string of the molecule is CC(=O)C1CCN(S(=O)(=O)C(C)C#N)CC1. The Morgan fingerprint density at radius 1 is 1.44 bits per heavy atom. The first kappa shape index (κ1) is 13.1. The van der Waals surface area contributed by atoms with Gasteiger partial charge in [0.05, 0.1) is 6.07 Å². The summed E-state index contributed by atoms with van der Waals surface area (Å²) in [5.74, 6) is 0.0919. The number of nitrogens with zero attached hydrogens (tertiary/aromatic N) is 2. The number of piperidine rings is 1. The quantitative estimate of drug-likeness (QED) is 0.725. The second kappa shape index (κ2) is 4.93. The van der Waals surface area contributed by atoms with Crippen LogP contribution in [0.1, 0.15) is 26.7 Å². The highest BCUT2D eigenvalue weighted by molar-refractivity contribution is 7.89. The first-order chi connectivity index (χ1) is 7.39. The molecule has 0 amide bonds. The van der Waals surface area contributed by atoms with Crippen LogP contribution in [0.2, 0.25) is 0 Å². The Kier molecular flexibility index (Phi) is 4.05. The van der Waals surface area contributed by atoms with E-state index >= 15 is 0 Å². The summed E-state index contributed by atoms with van der Waals surface area (Å²) in [6, 6.07) is 1.74. The highest BCUT2D eigenvalue weighted by Gasteiger charge is 2.33. The van der Waals surface area contributed by atoms with E-state index in [9.17, 15) is 13.2 Å². The lowest BCUT2D eigenvalue weighted by atomic mass is 9.95. The fraction of sp³-hybridized carbons (Fsp3) is 0.800. The van der Waals surface area contributed by atoms with Crippen LogP contribution in [-0.2, 0) is 14.8 Å². The van der Waals surface area contributed by atoms with Gasteiger partial charge >= 0.3 is 0 Å². The Bertz CT molecular complexity index is 402. The first-order valence-electron chi connectivity index (χ1n) is 5.28. The van der Waals surface area contributed by atoms with Crippen LogP contribution in [0.15, 0.2) is 0 Å². The Morgan fingerprint density at radius 2 is 1.94 bits per heavy atom. The van der Waals surface area contributed by atoms with E-state index in [2.05, 4.69) is 0 Å². The Labute approximate surface area is 96.1 Å². The lowest BCUT2D eigenvalue weighted by Gasteiger charge is -2.30. The summed E-state index contributed by atoms with van der Waals surface area (Å²) in [5, 5.41) is 7.62. The topological polar surface area (TPSA) is 78.2 Å². The number of carbonyl (C=O) groups is 1. The molecule has 1 aliphatic heterocycles. The highest BCUT2D eigenvalue weighted by atomic mass is 32.2. The smallest absolute Gasteiger partial charge is 0.230 e. The molecule has 0 aromatic heterocycles. The third-order valence-electron chi connectivity index (χ3n) is 3.02. The average Bonchev–Trinajstić information content (AvgIpc) is 2.28. The normalized spacial score (nSPS) is 21.3. The van der Waals surface area contributed by atoms with Gasteiger partial charge in [-0.25, -0.2) is 12.7 Å². The minimum Gasteiger partial charge on any atom is -0.300 e. The largest absolute Gasteiger partial charge is 0.300 e. The Morgan fingerprint density at radius 3 is 2.31 bits per heavy atom. The molecular formula is C10H16N2O3S. The molecule has 0 N–H and O–H groups in total. The third kappa shape index (κ3) is 2.60. The molecule has 0 bridgehead atoms. The molecule has 1 heterocycles. The van der Waals surface area contributed by atoms with Crippen LogP contribution in [0.4, 0.5) is 0 Å². The number of nitriles is 1. The fourth-order valence-corrected chi connectivity index (χ4v) is 3.11. The molecule has 90 valence electrons. The molecule has 0 saturated carbocycles. The van der Waals surface area contributed by atoms with Gasteiger partial charge < -0.3 is 0 Å². The maximum Gasteiger partial charge on any atom is 0.230 e. The summed E-state index contributed by atoms with van der Waals surface area (Å²) in [6.07, 6.45) is 1.12. The third-order valence-corrected chi connectivity index (χ3v) is 5.10. The number of Topliss-reactive ketones (excluding diaryl/α,β-unsaturated/α-hetero) is 1. The maximum atomic E-state index is 11.8. The van der Waals surface area contributed by atoms with E-state index in [1.807, 2.05) is 0 Å². The Hall–Kier alpha value is -0.930. The van der Waals surface area contributed by atoms with Gasteiger partial charge in [0.2, 0.25) is 10.0 Å². The standard InChI is InChI=1S/C10H16N2O3S/c1-8(7-11)16(14,15)12-5-3-10(4-6-12)9(2)13/h8,10H,3-6H2,1-2H3.